The summed E-state index contributed by atoms with van der Waals surface area (Å²) in [6.07, 6.45) is 1.57. The molecule has 2 rings (SSSR count). The minimum absolute atomic E-state index is 0.00930. The third-order valence-electron chi connectivity index (χ3n) is 4.93. The molecule has 1 aliphatic heterocycles. The molecular weight excluding hydrogens is 272 g/mol. The second-order valence-electron chi connectivity index (χ2n) is 6.41. The van der Waals surface area contributed by atoms with E-state index in [1.807, 2.05) is 18.7 Å². The molecule has 1 heterocycles. The first-order valence-corrected chi connectivity index (χ1v) is 7.60. The number of nitrogens with one attached hydrogen (secondary N) is 1. The number of hydrogen-bond donors (Lipinski definition) is 1. The third kappa shape index (κ3) is 2.86. The highest BCUT2D eigenvalue weighted by molar-refractivity contribution is 5.86. The highest BCUT2D eigenvalue weighted by atomic mass is 16.5. The standard InChI is InChI=1S/C15H26N2O4/c1-8(2)13(16-15(19)21-5)14(18)17-9(3)11-6-10(17)7-12(11)20-4/h8-13H,6-7H2,1-5H3,(H,16,19)/t9-,10+,11+,12+,13+/m1/s1. The predicted molar refractivity (Wildman–Crippen MR) is 77.8 cm³/mol. The fraction of sp³-hybridized carbons (Fsp3) is 0.867. The Morgan fingerprint density at radius 3 is 2.38 bits per heavy atom. The number of methoxy groups -OCH3 is 2. The molecule has 2 amide bonds. The van der Waals surface area contributed by atoms with E-state index >= 15 is 0 Å². The number of fused-ring (bicyclic) bond motifs is 2. The van der Waals surface area contributed by atoms with Crippen LogP contribution in [0, 0.1) is 11.8 Å². The van der Waals surface area contributed by atoms with Gasteiger partial charge in [-0.15, -0.1) is 0 Å². The molecule has 6 nitrogen and oxygen atoms in total. The predicted octanol–water partition coefficient (Wildman–Crippen LogP) is 1.39. The number of carbonyl (C=O) groups is 2. The summed E-state index contributed by atoms with van der Waals surface area (Å²) < 4.78 is 10.1. The van der Waals surface area contributed by atoms with E-state index in [1.54, 1.807) is 7.11 Å². The van der Waals surface area contributed by atoms with Crippen molar-refractivity contribution in [3.63, 3.8) is 0 Å². The van der Waals surface area contributed by atoms with Crippen molar-refractivity contribution in [3.8, 4) is 0 Å². The molecule has 0 aromatic heterocycles. The van der Waals surface area contributed by atoms with Gasteiger partial charge < -0.3 is 19.7 Å². The van der Waals surface area contributed by atoms with Crippen LogP contribution in [0.2, 0.25) is 0 Å². The zero-order valence-electron chi connectivity index (χ0n) is 13.5. The minimum Gasteiger partial charge on any atom is -0.453 e. The van der Waals surface area contributed by atoms with Crippen molar-refractivity contribution < 1.29 is 19.1 Å². The molecule has 120 valence electrons. The van der Waals surface area contributed by atoms with Crippen molar-refractivity contribution >= 4 is 12.0 Å². The van der Waals surface area contributed by atoms with Crippen molar-refractivity contribution in [1.29, 1.82) is 0 Å². The largest absolute Gasteiger partial charge is 0.453 e. The first-order valence-electron chi connectivity index (χ1n) is 7.60. The number of rotatable bonds is 4. The Bertz CT molecular complexity index is 408. The van der Waals surface area contributed by atoms with Gasteiger partial charge in [0.25, 0.3) is 0 Å². The second kappa shape index (κ2) is 6.22. The zero-order chi connectivity index (χ0) is 15.7. The molecule has 1 saturated heterocycles. The van der Waals surface area contributed by atoms with Crippen LogP contribution in [-0.4, -0.2) is 55.3 Å². The number of ether oxygens (including phenoxy) is 2. The molecule has 0 aromatic rings. The highest BCUT2D eigenvalue weighted by Crippen LogP contribution is 2.44. The molecule has 1 N–H and O–H groups in total. The van der Waals surface area contributed by atoms with Gasteiger partial charge in [0.15, 0.2) is 0 Å². The molecule has 2 bridgehead atoms. The lowest BCUT2D eigenvalue weighted by Gasteiger charge is -2.39. The van der Waals surface area contributed by atoms with Crippen LogP contribution in [0.5, 0.6) is 0 Å². The summed E-state index contributed by atoms with van der Waals surface area (Å²) in [5.74, 6) is 0.404. The van der Waals surface area contributed by atoms with Crippen molar-refractivity contribution in [1.82, 2.24) is 10.2 Å². The fourth-order valence-electron chi connectivity index (χ4n) is 3.79. The smallest absolute Gasteiger partial charge is 0.407 e. The van der Waals surface area contributed by atoms with E-state index in [4.69, 9.17) is 4.74 Å². The quantitative estimate of drug-likeness (QED) is 0.851. The SMILES string of the molecule is COC(=O)N[C@H](C(=O)N1[C@H]2C[C@H]([C@@H](OC)C2)[C@H]1C)C(C)C. The van der Waals surface area contributed by atoms with Gasteiger partial charge >= 0.3 is 6.09 Å². The zero-order valence-corrected chi connectivity index (χ0v) is 13.5. The summed E-state index contributed by atoms with van der Waals surface area (Å²) in [6, 6.07) is -0.162. The lowest BCUT2D eigenvalue weighted by Crippen LogP contribution is -2.56. The number of carbonyl (C=O) groups excluding carboxylic acids is 2. The molecule has 0 spiro atoms. The molecule has 0 radical (unpaired) electrons. The van der Waals surface area contributed by atoms with Crippen molar-refractivity contribution in [2.45, 2.75) is 57.8 Å². The number of nitrogens with zero attached hydrogens (tertiary/aromatic N) is 1. The Hall–Kier alpha value is -1.30. The van der Waals surface area contributed by atoms with Crippen LogP contribution in [0.1, 0.15) is 33.6 Å². The lowest BCUT2D eigenvalue weighted by molar-refractivity contribution is -0.140. The first-order chi connectivity index (χ1) is 9.90. The number of amides is 2. The molecule has 0 unspecified atom stereocenters. The van der Waals surface area contributed by atoms with Crippen LogP contribution in [0.4, 0.5) is 4.79 Å². The minimum atomic E-state index is -0.561. The summed E-state index contributed by atoms with van der Waals surface area (Å²) in [5.41, 5.74) is 0. The van der Waals surface area contributed by atoms with Crippen LogP contribution in [0.15, 0.2) is 0 Å². The van der Waals surface area contributed by atoms with Crippen LogP contribution in [0.25, 0.3) is 0 Å². The highest BCUT2D eigenvalue weighted by Gasteiger charge is 2.52. The number of hydrogen-bond acceptors (Lipinski definition) is 4. The Labute approximate surface area is 126 Å². The van der Waals surface area contributed by atoms with E-state index in [2.05, 4.69) is 17.0 Å². The van der Waals surface area contributed by atoms with E-state index in [0.29, 0.717) is 5.92 Å². The van der Waals surface area contributed by atoms with Gasteiger partial charge in [-0.25, -0.2) is 4.79 Å². The van der Waals surface area contributed by atoms with Crippen LogP contribution < -0.4 is 5.32 Å². The number of alkyl carbamates (subject to hydrolysis) is 1. The Morgan fingerprint density at radius 1 is 1.24 bits per heavy atom. The third-order valence-corrected chi connectivity index (χ3v) is 4.93. The fourth-order valence-corrected chi connectivity index (χ4v) is 3.79. The number of likely N-dealkylation sites (tertiary alicyclic amines) is 1. The summed E-state index contributed by atoms with van der Waals surface area (Å²) in [7, 11) is 3.04. The molecule has 5 atom stereocenters. The molecule has 6 heteroatoms. The molecule has 2 fully saturated rings. The van der Waals surface area contributed by atoms with E-state index < -0.39 is 12.1 Å². The van der Waals surface area contributed by atoms with Gasteiger partial charge in [0.2, 0.25) is 5.91 Å². The van der Waals surface area contributed by atoms with Gasteiger partial charge in [-0.2, -0.15) is 0 Å². The molecule has 1 saturated carbocycles. The van der Waals surface area contributed by atoms with Gasteiger partial charge in [-0.05, 0) is 25.7 Å². The lowest BCUT2D eigenvalue weighted by atomic mass is 9.95. The van der Waals surface area contributed by atoms with Crippen molar-refractivity contribution in [2.24, 2.45) is 11.8 Å². The topological polar surface area (TPSA) is 67.9 Å². The van der Waals surface area contributed by atoms with Gasteiger partial charge in [0.05, 0.1) is 13.2 Å². The maximum absolute atomic E-state index is 12.8. The van der Waals surface area contributed by atoms with Crippen molar-refractivity contribution in [2.75, 3.05) is 14.2 Å². The summed E-state index contributed by atoms with van der Waals surface area (Å²) in [4.78, 5) is 26.3. The Balaban J connectivity index is 2.10. The molecular formula is C15H26N2O4. The van der Waals surface area contributed by atoms with Crippen molar-refractivity contribution in [3.05, 3.63) is 0 Å². The summed E-state index contributed by atoms with van der Waals surface area (Å²) in [6.45, 7) is 5.92. The second-order valence-corrected chi connectivity index (χ2v) is 6.41. The van der Waals surface area contributed by atoms with Gasteiger partial charge in [-0.3, -0.25) is 4.79 Å². The monoisotopic (exact) mass is 298 g/mol. The number of piperidine rings is 1. The maximum Gasteiger partial charge on any atom is 0.407 e. The summed E-state index contributed by atoms with van der Waals surface area (Å²) >= 11 is 0. The van der Waals surface area contributed by atoms with E-state index in [9.17, 15) is 9.59 Å². The normalized spacial score (nSPS) is 32.4. The van der Waals surface area contributed by atoms with Crippen LogP contribution >= 0.6 is 0 Å². The van der Waals surface area contributed by atoms with E-state index in [1.165, 1.54) is 7.11 Å². The first kappa shape index (κ1) is 16.1. The van der Waals surface area contributed by atoms with E-state index in [-0.39, 0.29) is 30.0 Å². The average molecular weight is 298 g/mol. The Morgan fingerprint density at radius 2 is 1.90 bits per heavy atom. The molecule has 21 heavy (non-hydrogen) atoms. The van der Waals surface area contributed by atoms with Gasteiger partial charge in [0, 0.05) is 25.1 Å². The molecule has 1 aliphatic carbocycles. The Kier molecular flexibility index (Phi) is 4.76. The van der Waals surface area contributed by atoms with Gasteiger partial charge in [-0.1, -0.05) is 13.8 Å². The average Bonchev–Trinajstić information content (AvgIpc) is 3.00. The van der Waals surface area contributed by atoms with Crippen LogP contribution in [0.3, 0.4) is 0 Å². The van der Waals surface area contributed by atoms with Gasteiger partial charge in [0.1, 0.15) is 6.04 Å². The molecule has 2 aliphatic rings. The maximum atomic E-state index is 12.8. The van der Waals surface area contributed by atoms with Crippen LogP contribution in [-0.2, 0) is 14.3 Å². The summed E-state index contributed by atoms with van der Waals surface area (Å²) in [5, 5.41) is 2.66. The molecule has 0 aromatic carbocycles. The van der Waals surface area contributed by atoms with E-state index in [0.717, 1.165) is 12.8 Å².